The molecule has 0 spiro atoms. The number of pyridine rings is 1. The second kappa shape index (κ2) is 7.20. The van der Waals surface area contributed by atoms with Gasteiger partial charge in [-0.25, -0.2) is 4.98 Å². The molecule has 24 heavy (non-hydrogen) atoms. The van der Waals surface area contributed by atoms with E-state index in [-0.39, 0.29) is 0 Å². The first-order valence-electron chi connectivity index (χ1n) is 7.37. The highest BCUT2D eigenvalue weighted by Gasteiger charge is 2.38. The van der Waals surface area contributed by atoms with Crippen LogP contribution < -0.4 is 4.74 Å². The number of thioether (sulfide) groups is 1. The highest BCUT2D eigenvalue weighted by atomic mass is 32.2. The Bertz CT molecular complexity index is 747. The smallest absolute Gasteiger partial charge is 0.173 e. The highest BCUT2D eigenvalue weighted by molar-refractivity contribution is 7.99. The molecule has 3 N–H and O–H groups in total. The lowest BCUT2D eigenvalue weighted by molar-refractivity contribution is -0.0786. The number of benzene rings is 1. The number of hydrogen-bond donors (Lipinski definition) is 3. The van der Waals surface area contributed by atoms with E-state index >= 15 is 0 Å². The summed E-state index contributed by atoms with van der Waals surface area (Å²) in [4.78, 5) is 4.04. The molecule has 2 heterocycles. The van der Waals surface area contributed by atoms with Crippen LogP contribution in [0.1, 0.15) is 5.69 Å². The van der Waals surface area contributed by atoms with Gasteiger partial charge in [0, 0.05) is 17.5 Å². The van der Waals surface area contributed by atoms with Crippen LogP contribution in [0.15, 0.2) is 42.6 Å². The minimum Gasteiger partial charge on any atom is -0.477 e. The predicted octanol–water partition coefficient (Wildman–Crippen LogP) is 1.15. The molecule has 0 radical (unpaired) electrons. The fourth-order valence-electron chi connectivity index (χ4n) is 2.40. The van der Waals surface area contributed by atoms with Crippen LogP contribution in [0.25, 0.3) is 11.1 Å². The lowest BCUT2D eigenvalue weighted by atomic mass is 10.1. The Morgan fingerprint density at radius 1 is 1.12 bits per heavy atom. The standard InChI is InChI=1S/C17H16N2O4S/c18-7-12-5-4-11(8-19-12)10-2-1-3-13(6-10)23-17-16(22)15(21)14(20)9-24-17/h1-6,8,14-17,20-22H,9H2/t14-,15+,16-,17-/m1/s1. The molecule has 0 aliphatic carbocycles. The van der Waals surface area contributed by atoms with Gasteiger partial charge in [-0.1, -0.05) is 12.1 Å². The molecular weight excluding hydrogens is 328 g/mol. The quantitative estimate of drug-likeness (QED) is 0.767. The second-order valence-electron chi connectivity index (χ2n) is 5.44. The van der Waals surface area contributed by atoms with Gasteiger partial charge < -0.3 is 20.1 Å². The molecule has 1 aromatic heterocycles. The normalized spacial score (nSPS) is 26.6. The molecule has 1 aliphatic rings. The van der Waals surface area contributed by atoms with Gasteiger partial charge in [0.2, 0.25) is 0 Å². The molecule has 7 heteroatoms. The fourth-order valence-corrected chi connectivity index (χ4v) is 3.52. The molecule has 0 bridgehead atoms. The molecule has 0 saturated carbocycles. The SMILES string of the molecule is N#Cc1ccc(-c2cccc(O[C@@H]3SC[C@@H](O)[C@H](O)[C@H]3O)c2)cn1. The van der Waals surface area contributed by atoms with E-state index in [0.29, 0.717) is 17.2 Å². The molecule has 1 fully saturated rings. The van der Waals surface area contributed by atoms with Crippen LogP contribution in [0.3, 0.4) is 0 Å². The number of ether oxygens (including phenoxy) is 1. The summed E-state index contributed by atoms with van der Waals surface area (Å²) in [5, 5.41) is 38.1. The largest absolute Gasteiger partial charge is 0.477 e. The Balaban J connectivity index is 1.77. The Morgan fingerprint density at radius 3 is 2.67 bits per heavy atom. The average molecular weight is 344 g/mol. The van der Waals surface area contributed by atoms with E-state index in [9.17, 15) is 15.3 Å². The molecule has 6 nitrogen and oxygen atoms in total. The van der Waals surface area contributed by atoms with E-state index in [1.807, 2.05) is 18.2 Å². The van der Waals surface area contributed by atoms with Crippen molar-refractivity contribution < 1.29 is 20.1 Å². The Morgan fingerprint density at radius 2 is 1.96 bits per heavy atom. The molecule has 1 aliphatic heterocycles. The third kappa shape index (κ3) is 3.52. The van der Waals surface area contributed by atoms with Crippen molar-refractivity contribution in [2.75, 3.05) is 5.75 Å². The van der Waals surface area contributed by atoms with Crippen molar-refractivity contribution in [3.05, 3.63) is 48.3 Å². The maximum Gasteiger partial charge on any atom is 0.173 e. The number of aromatic nitrogens is 1. The molecule has 4 atom stereocenters. The first-order valence-corrected chi connectivity index (χ1v) is 8.42. The average Bonchev–Trinajstić information content (AvgIpc) is 2.62. The molecule has 0 amide bonds. The first-order chi connectivity index (χ1) is 11.6. The Hall–Kier alpha value is -2.11. The van der Waals surface area contributed by atoms with Crippen molar-refractivity contribution in [2.45, 2.75) is 23.7 Å². The number of aliphatic hydroxyl groups is 3. The number of nitriles is 1. The molecule has 2 aromatic rings. The van der Waals surface area contributed by atoms with Crippen molar-refractivity contribution in [3.63, 3.8) is 0 Å². The first kappa shape index (κ1) is 16.7. The topological polar surface area (TPSA) is 107 Å². The lowest BCUT2D eigenvalue weighted by Gasteiger charge is -2.34. The van der Waals surface area contributed by atoms with E-state index < -0.39 is 23.7 Å². The second-order valence-corrected chi connectivity index (χ2v) is 6.57. The van der Waals surface area contributed by atoms with Crippen molar-refractivity contribution in [2.24, 2.45) is 0 Å². The highest BCUT2D eigenvalue weighted by Crippen LogP contribution is 2.31. The number of aliphatic hydroxyl groups excluding tert-OH is 3. The van der Waals surface area contributed by atoms with Crippen LogP contribution in [0.2, 0.25) is 0 Å². The summed E-state index contributed by atoms with van der Waals surface area (Å²) in [5.74, 6) is 0.833. The zero-order chi connectivity index (χ0) is 17.1. The maximum atomic E-state index is 10.0. The van der Waals surface area contributed by atoms with Gasteiger partial charge in [-0.2, -0.15) is 5.26 Å². The van der Waals surface area contributed by atoms with Crippen molar-refractivity contribution in [1.29, 1.82) is 5.26 Å². The van der Waals surface area contributed by atoms with E-state index in [4.69, 9.17) is 10.00 Å². The number of rotatable bonds is 3. The van der Waals surface area contributed by atoms with Gasteiger partial charge in [0.25, 0.3) is 0 Å². The summed E-state index contributed by atoms with van der Waals surface area (Å²) in [6.45, 7) is 0. The minimum atomic E-state index is -1.22. The molecule has 1 saturated heterocycles. The van der Waals surface area contributed by atoms with E-state index in [0.717, 1.165) is 11.1 Å². The zero-order valence-electron chi connectivity index (χ0n) is 12.6. The van der Waals surface area contributed by atoms with Crippen LogP contribution in [0, 0.1) is 11.3 Å². The summed E-state index contributed by atoms with van der Waals surface area (Å²) < 4.78 is 5.76. The van der Waals surface area contributed by atoms with Crippen molar-refractivity contribution in [3.8, 4) is 22.9 Å². The molecule has 124 valence electrons. The van der Waals surface area contributed by atoms with Crippen LogP contribution >= 0.6 is 11.8 Å². The summed E-state index contributed by atoms with van der Waals surface area (Å²) >= 11 is 1.25. The van der Waals surface area contributed by atoms with E-state index in [2.05, 4.69) is 4.98 Å². The van der Waals surface area contributed by atoms with Gasteiger partial charge in [0.15, 0.2) is 5.44 Å². The van der Waals surface area contributed by atoms with Gasteiger partial charge in [-0.3, -0.25) is 0 Å². The number of hydrogen-bond acceptors (Lipinski definition) is 7. The van der Waals surface area contributed by atoms with Crippen LogP contribution in [0.5, 0.6) is 5.75 Å². The molecule has 0 unspecified atom stereocenters. The zero-order valence-corrected chi connectivity index (χ0v) is 13.4. The molecule has 3 rings (SSSR count). The van der Waals surface area contributed by atoms with E-state index in [1.54, 1.807) is 30.5 Å². The number of nitrogens with zero attached hydrogens (tertiary/aromatic N) is 2. The van der Waals surface area contributed by atoms with Crippen LogP contribution in [-0.2, 0) is 0 Å². The Kier molecular flexibility index (Phi) is 5.02. The molecular formula is C17H16N2O4S. The van der Waals surface area contributed by atoms with Crippen molar-refractivity contribution in [1.82, 2.24) is 4.98 Å². The van der Waals surface area contributed by atoms with Gasteiger partial charge in [0.1, 0.15) is 29.7 Å². The monoisotopic (exact) mass is 344 g/mol. The van der Waals surface area contributed by atoms with E-state index in [1.165, 1.54) is 11.8 Å². The van der Waals surface area contributed by atoms with Crippen LogP contribution in [0.4, 0.5) is 0 Å². The van der Waals surface area contributed by atoms with Crippen LogP contribution in [-0.4, -0.2) is 49.8 Å². The third-order valence-electron chi connectivity index (χ3n) is 3.75. The summed E-state index contributed by atoms with van der Waals surface area (Å²) in [6.07, 6.45) is -1.73. The summed E-state index contributed by atoms with van der Waals surface area (Å²) in [7, 11) is 0. The predicted molar refractivity (Wildman–Crippen MR) is 89.3 cm³/mol. The third-order valence-corrected chi connectivity index (χ3v) is 4.99. The fraction of sp³-hybridized carbons (Fsp3) is 0.294. The Labute approximate surface area is 143 Å². The lowest BCUT2D eigenvalue weighted by Crippen LogP contribution is -2.50. The van der Waals surface area contributed by atoms with Gasteiger partial charge in [-0.05, 0) is 29.8 Å². The van der Waals surface area contributed by atoms with Gasteiger partial charge in [-0.15, -0.1) is 11.8 Å². The maximum absolute atomic E-state index is 10.0. The van der Waals surface area contributed by atoms with Gasteiger partial charge >= 0.3 is 0 Å². The molecule has 1 aromatic carbocycles. The summed E-state index contributed by atoms with van der Waals surface area (Å²) in [5.41, 5.74) is 1.39. The minimum absolute atomic E-state index is 0.294. The summed E-state index contributed by atoms with van der Waals surface area (Å²) in [6, 6.07) is 12.7. The van der Waals surface area contributed by atoms with Gasteiger partial charge in [0.05, 0.1) is 6.10 Å². The van der Waals surface area contributed by atoms with Crippen molar-refractivity contribution >= 4 is 11.8 Å².